The Bertz CT molecular complexity index is 459. The number of hydrogen-bond acceptors (Lipinski definition) is 2. The average Bonchev–Trinajstić information content (AvgIpc) is 2.38. The van der Waals surface area contributed by atoms with E-state index >= 15 is 0 Å². The van der Waals surface area contributed by atoms with Crippen molar-refractivity contribution >= 4 is 5.69 Å². The minimum absolute atomic E-state index is 0.0565. The molecule has 0 aliphatic heterocycles. The van der Waals surface area contributed by atoms with Gasteiger partial charge in [0.2, 0.25) is 0 Å². The van der Waals surface area contributed by atoms with E-state index in [-0.39, 0.29) is 19.4 Å². The number of halogens is 3. The van der Waals surface area contributed by atoms with Crippen LogP contribution < -0.4 is 11.1 Å². The Hall–Kier alpha value is -1.23. The van der Waals surface area contributed by atoms with E-state index < -0.39 is 17.6 Å². The minimum atomic E-state index is -4.13. The third kappa shape index (κ3) is 3.45. The van der Waals surface area contributed by atoms with E-state index in [1.165, 1.54) is 0 Å². The fraction of sp³-hybridized carbons (Fsp3) is 0.600. The summed E-state index contributed by atoms with van der Waals surface area (Å²) in [5.41, 5.74) is 7.07. The van der Waals surface area contributed by atoms with Crippen LogP contribution in [0.15, 0.2) is 24.3 Å². The Morgan fingerprint density at radius 1 is 1.40 bits per heavy atom. The van der Waals surface area contributed by atoms with Crippen molar-refractivity contribution in [3.8, 4) is 0 Å². The molecule has 1 aromatic carbocycles. The summed E-state index contributed by atoms with van der Waals surface area (Å²) in [5.74, 6) is -1.25. The summed E-state index contributed by atoms with van der Waals surface area (Å²) in [6, 6.07) is 7.67. The number of rotatable bonds is 3. The molecule has 112 valence electrons. The van der Waals surface area contributed by atoms with E-state index in [0.29, 0.717) is 12.8 Å². The molecule has 2 rings (SSSR count). The monoisotopic (exact) mass is 286 g/mol. The molecule has 5 heteroatoms. The van der Waals surface area contributed by atoms with Gasteiger partial charge in [-0.05, 0) is 43.9 Å². The van der Waals surface area contributed by atoms with Crippen LogP contribution in [0.25, 0.3) is 0 Å². The van der Waals surface area contributed by atoms with E-state index in [1.54, 1.807) is 0 Å². The summed E-state index contributed by atoms with van der Waals surface area (Å²) in [6.45, 7) is 2.17. The van der Waals surface area contributed by atoms with Crippen LogP contribution in [-0.4, -0.2) is 18.3 Å². The fourth-order valence-electron chi connectivity index (χ4n) is 3.02. The lowest BCUT2D eigenvalue weighted by atomic mass is 9.75. The predicted octanol–water partition coefficient (Wildman–Crippen LogP) is 3.86. The van der Waals surface area contributed by atoms with Crippen LogP contribution in [0.5, 0.6) is 0 Å². The smallest absolute Gasteiger partial charge is 0.378 e. The highest BCUT2D eigenvalue weighted by atomic mass is 19.4. The number of alkyl halides is 3. The van der Waals surface area contributed by atoms with Gasteiger partial charge < -0.3 is 11.1 Å². The molecule has 3 N–H and O–H groups in total. The highest BCUT2D eigenvalue weighted by molar-refractivity contribution is 5.48. The maximum atomic E-state index is 13.0. The molecule has 2 unspecified atom stereocenters. The van der Waals surface area contributed by atoms with E-state index in [9.17, 15) is 13.2 Å². The molecular formula is C15H21F3N2. The quantitative estimate of drug-likeness (QED) is 0.885. The van der Waals surface area contributed by atoms with Gasteiger partial charge in [0.15, 0.2) is 0 Å². The fourth-order valence-corrected chi connectivity index (χ4v) is 3.02. The molecular weight excluding hydrogens is 265 g/mol. The van der Waals surface area contributed by atoms with E-state index in [4.69, 9.17) is 5.73 Å². The molecule has 1 saturated carbocycles. The van der Waals surface area contributed by atoms with Gasteiger partial charge in [-0.1, -0.05) is 18.6 Å². The Morgan fingerprint density at radius 3 is 2.75 bits per heavy atom. The summed E-state index contributed by atoms with van der Waals surface area (Å²) in [5, 5.41) is 3.26. The van der Waals surface area contributed by atoms with Crippen molar-refractivity contribution in [2.24, 2.45) is 11.7 Å². The SMILES string of the molecule is Cc1cccc(NC2(CN)CCCC(C(F)(F)F)C2)c1. The topological polar surface area (TPSA) is 38.0 Å². The van der Waals surface area contributed by atoms with Gasteiger partial charge in [-0.3, -0.25) is 0 Å². The minimum Gasteiger partial charge on any atom is -0.378 e. The predicted molar refractivity (Wildman–Crippen MR) is 74.6 cm³/mol. The molecule has 0 radical (unpaired) electrons. The van der Waals surface area contributed by atoms with Gasteiger partial charge in [0, 0.05) is 12.2 Å². The zero-order valence-corrected chi connectivity index (χ0v) is 11.6. The molecule has 2 nitrogen and oxygen atoms in total. The second-order valence-electron chi connectivity index (χ2n) is 5.81. The maximum Gasteiger partial charge on any atom is 0.391 e. The summed E-state index contributed by atoms with van der Waals surface area (Å²) < 4.78 is 38.9. The van der Waals surface area contributed by atoms with Gasteiger partial charge in [0.1, 0.15) is 0 Å². The van der Waals surface area contributed by atoms with Gasteiger partial charge in [0.05, 0.1) is 11.5 Å². The van der Waals surface area contributed by atoms with Crippen molar-refractivity contribution in [2.75, 3.05) is 11.9 Å². The van der Waals surface area contributed by atoms with Crippen LogP contribution in [0.4, 0.5) is 18.9 Å². The van der Waals surface area contributed by atoms with Crippen LogP contribution in [0, 0.1) is 12.8 Å². The highest BCUT2D eigenvalue weighted by Gasteiger charge is 2.47. The first-order chi connectivity index (χ1) is 9.35. The van der Waals surface area contributed by atoms with Crippen molar-refractivity contribution in [2.45, 2.75) is 44.3 Å². The van der Waals surface area contributed by atoms with Crippen molar-refractivity contribution in [3.63, 3.8) is 0 Å². The molecule has 0 amide bonds. The van der Waals surface area contributed by atoms with Crippen LogP contribution in [0.3, 0.4) is 0 Å². The third-order valence-corrected chi connectivity index (χ3v) is 4.13. The standard InChI is InChI=1S/C15H21F3N2/c1-11-4-2-6-13(8-11)20-14(10-19)7-3-5-12(9-14)15(16,17)18/h2,4,6,8,12,20H,3,5,7,9-10,19H2,1H3. The van der Waals surface area contributed by atoms with Crippen LogP contribution in [0.2, 0.25) is 0 Å². The first-order valence-electron chi connectivity index (χ1n) is 6.96. The number of hydrogen-bond donors (Lipinski definition) is 2. The lowest BCUT2D eigenvalue weighted by Crippen LogP contribution is -2.51. The average molecular weight is 286 g/mol. The van der Waals surface area contributed by atoms with Crippen molar-refractivity contribution in [1.82, 2.24) is 0 Å². The zero-order valence-electron chi connectivity index (χ0n) is 11.6. The summed E-state index contributed by atoms with van der Waals surface area (Å²) in [7, 11) is 0. The second-order valence-corrected chi connectivity index (χ2v) is 5.81. The lowest BCUT2D eigenvalue weighted by molar-refractivity contribution is -0.185. The molecule has 0 bridgehead atoms. The van der Waals surface area contributed by atoms with Gasteiger partial charge in [-0.2, -0.15) is 13.2 Å². The zero-order chi connectivity index (χ0) is 14.8. The maximum absolute atomic E-state index is 13.0. The molecule has 0 aromatic heterocycles. The molecule has 20 heavy (non-hydrogen) atoms. The molecule has 1 aromatic rings. The van der Waals surface area contributed by atoms with Crippen LogP contribution in [0.1, 0.15) is 31.2 Å². The Morgan fingerprint density at radius 2 is 2.15 bits per heavy atom. The largest absolute Gasteiger partial charge is 0.391 e. The lowest BCUT2D eigenvalue weighted by Gasteiger charge is -2.42. The molecule has 1 fully saturated rings. The first kappa shape index (κ1) is 15.2. The molecule has 1 aliphatic carbocycles. The van der Waals surface area contributed by atoms with Crippen molar-refractivity contribution < 1.29 is 13.2 Å². The Kier molecular flexibility index (Phi) is 4.28. The normalized spacial score (nSPS) is 27.4. The second kappa shape index (κ2) is 5.64. The highest BCUT2D eigenvalue weighted by Crippen LogP contribution is 2.42. The summed E-state index contributed by atoms with van der Waals surface area (Å²) in [6.07, 6.45) is -2.62. The van der Waals surface area contributed by atoms with Crippen LogP contribution in [-0.2, 0) is 0 Å². The first-order valence-corrected chi connectivity index (χ1v) is 6.96. The van der Waals surface area contributed by atoms with Crippen molar-refractivity contribution in [3.05, 3.63) is 29.8 Å². The summed E-state index contributed by atoms with van der Waals surface area (Å²) >= 11 is 0. The number of nitrogens with two attached hydrogens (primary N) is 1. The van der Waals surface area contributed by atoms with E-state index in [0.717, 1.165) is 11.3 Å². The summed E-state index contributed by atoms with van der Waals surface area (Å²) in [4.78, 5) is 0. The number of aryl methyl sites for hydroxylation is 1. The van der Waals surface area contributed by atoms with E-state index in [1.807, 2.05) is 31.2 Å². The van der Waals surface area contributed by atoms with Crippen LogP contribution >= 0.6 is 0 Å². The van der Waals surface area contributed by atoms with Gasteiger partial charge in [-0.15, -0.1) is 0 Å². The van der Waals surface area contributed by atoms with Gasteiger partial charge >= 0.3 is 6.18 Å². The number of benzene rings is 1. The molecule has 0 saturated heterocycles. The molecule has 0 heterocycles. The molecule has 1 aliphatic rings. The Labute approximate surface area is 117 Å². The molecule has 0 spiro atoms. The third-order valence-electron chi connectivity index (χ3n) is 4.13. The number of nitrogens with one attached hydrogen (secondary N) is 1. The van der Waals surface area contributed by atoms with Gasteiger partial charge in [0.25, 0.3) is 0 Å². The van der Waals surface area contributed by atoms with Gasteiger partial charge in [-0.25, -0.2) is 0 Å². The van der Waals surface area contributed by atoms with Crippen molar-refractivity contribution in [1.29, 1.82) is 0 Å². The Balaban J connectivity index is 2.16. The van der Waals surface area contributed by atoms with E-state index in [2.05, 4.69) is 5.32 Å². The molecule has 2 atom stereocenters. The number of anilines is 1.